The molecule has 3 amide bonds. The van der Waals surface area contributed by atoms with Gasteiger partial charge < -0.3 is 14.5 Å². The van der Waals surface area contributed by atoms with Gasteiger partial charge in [0.15, 0.2) is 0 Å². The van der Waals surface area contributed by atoms with Crippen molar-refractivity contribution in [2.75, 3.05) is 26.2 Å². The predicted molar refractivity (Wildman–Crippen MR) is 154 cm³/mol. The summed E-state index contributed by atoms with van der Waals surface area (Å²) in [5.74, 6) is -0.230. The second kappa shape index (κ2) is 11.1. The third-order valence-electron chi connectivity index (χ3n) is 9.15. The maximum absolute atomic E-state index is 13.8. The molecule has 0 bridgehead atoms. The van der Waals surface area contributed by atoms with E-state index in [1.54, 1.807) is 11.0 Å². The summed E-state index contributed by atoms with van der Waals surface area (Å²) in [6, 6.07) is 10.5. The Kier molecular flexibility index (Phi) is 7.66. The van der Waals surface area contributed by atoms with Crippen LogP contribution in [0.4, 0.5) is 9.18 Å². The van der Waals surface area contributed by atoms with Crippen LogP contribution in [0.1, 0.15) is 56.9 Å². The molecule has 4 fully saturated rings. The number of amides is 3. The average molecular weight is 603 g/mol. The zero-order valence-electron chi connectivity index (χ0n) is 23.0. The smallest absolute Gasteiger partial charge is 0.410 e. The van der Waals surface area contributed by atoms with Gasteiger partial charge in [-0.25, -0.2) is 9.18 Å². The van der Waals surface area contributed by atoms with E-state index < -0.39 is 11.9 Å². The van der Waals surface area contributed by atoms with Gasteiger partial charge in [-0.1, -0.05) is 36.2 Å². The number of likely N-dealkylation sites (tertiary alicyclic amines) is 2. The van der Waals surface area contributed by atoms with Gasteiger partial charge in [-0.3, -0.25) is 14.5 Å². The standard InChI is InChI=1S/C31H34Cl2FN3O4/c1-31(12-13-31)29(39)35-14-10-19(11-15-35)28(38)36-17-24(20-2-9-25(32)26(33)16-20)27(18-36)37(22-5-6-22)30(40)41-23-7-3-21(34)4-8-23/h2-4,7-9,16,19,22,24,27H,5-6,10-15,17-18H2,1H3. The minimum absolute atomic E-state index is 0.00584. The van der Waals surface area contributed by atoms with Crippen molar-refractivity contribution in [3.63, 3.8) is 0 Å². The van der Waals surface area contributed by atoms with Crippen LogP contribution in [-0.4, -0.2) is 70.9 Å². The Bertz CT molecular complexity index is 1340. The molecular formula is C31H34Cl2FN3O4. The van der Waals surface area contributed by atoms with Crippen molar-refractivity contribution < 1.29 is 23.5 Å². The van der Waals surface area contributed by atoms with Gasteiger partial charge >= 0.3 is 6.09 Å². The van der Waals surface area contributed by atoms with Crippen molar-refractivity contribution in [2.24, 2.45) is 11.3 Å². The number of benzene rings is 2. The van der Waals surface area contributed by atoms with Crippen molar-refractivity contribution >= 4 is 41.1 Å². The van der Waals surface area contributed by atoms with E-state index >= 15 is 0 Å². The summed E-state index contributed by atoms with van der Waals surface area (Å²) in [7, 11) is 0. The molecule has 0 radical (unpaired) electrons. The van der Waals surface area contributed by atoms with Gasteiger partial charge in [0.05, 0.1) is 16.1 Å². The van der Waals surface area contributed by atoms with Crippen molar-refractivity contribution in [3.05, 3.63) is 63.9 Å². The zero-order valence-corrected chi connectivity index (χ0v) is 24.5. The van der Waals surface area contributed by atoms with E-state index in [1.807, 2.05) is 28.9 Å². The summed E-state index contributed by atoms with van der Waals surface area (Å²) in [5.41, 5.74) is 0.693. The quantitative estimate of drug-likeness (QED) is 0.399. The van der Waals surface area contributed by atoms with Gasteiger partial charge in [0.2, 0.25) is 11.8 Å². The molecule has 2 aliphatic heterocycles. The predicted octanol–water partition coefficient (Wildman–Crippen LogP) is 6.13. The number of rotatable bonds is 6. The number of nitrogens with zero attached hydrogens (tertiary/aromatic N) is 3. The molecule has 2 aromatic carbocycles. The summed E-state index contributed by atoms with van der Waals surface area (Å²) in [4.78, 5) is 45.7. The molecule has 218 valence electrons. The molecule has 0 aromatic heterocycles. The summed E-state index contributed by atoms with van der Waals surface area (Å²) in [6.45, 7) is 4.02. The molecule has 6 rings (SSSR count). The lowest BCUT2D eigenvalue weighted by molar-refractivity contribution is -0.142. The normalized spacial score (nSPS) is 23.8. The lowest BCUT2D eigenvalue weighted by Crippen LogP contribution is -2.48. The molecule has 2 saturated carbocycles. The second-order valence-corrected chi connectivity index (χ2v) is 13.0. The fraction of sp³-hybridized carbons (Fsp3) is 0.516. The summed E-state index contributed by atoms with van der Waals surface area (Å²) < 4.78 is 19.1. The van der Waals surface area contributed by atoms with E-state index in [1.165, 1.54) is 24.3 Å². The number of carbonyl (C=O) groups is 3. The highest BCUT2D eigenvalue weighted by Gasteiger charge is 2.50. The Morgan fingerprint density at radius 2 is 1.61 bits per heavy atom. The van der Waals surface area contributed by atoms with Crippen LogP contribution >= 0.6 is 23.2 Å². The molecule has 2 saturated heterocycles. The SMILES string of the molecule is CC1(C(=O)N2CCC(C(=O)N3CC(c4ccc(Cl)c(Cl)c4)C(N(C(=O)Oc4ccc(F)cc4)C4CC4)C3)CC2)CC1. The van der Waals surface area contributed by atoms with E-state index in [4.69, 9.17) is 27.9 Å². The summed E-state index contributed by atoms with van der Waals surface area (Å²) in [6.07, 6.45) is 4.35. The van der Waals surface area contributed by atoms with Crippen LogP contribution in [0.3, 0.4) is 0 Å². The van der Waals surface area contributed by atoms with Crippen LogP contribution in [0.25, 0.3) is 0 Å². The summed E-state index contributed by atoms with van der Waals surface area (Å²) in [5, 5.41) is 0.856. The third kappa shape index (κ3) is 5.91. The molecule has 41 heavy (non-hydrogen) atoms. The first-order chi connectivity index (χ1) is 19.6. The number of ether oxygens (including phenoxy) is 1. The fourth-order valence-corrected chi connectivity index (χ4v) is 6.56. The van der Waals surface area contributed by atoms with E-state index in [2.05, 4.69) is 0 Å². The molecule has 10 heteroatoms. The van der Waals surface area contributed by atoms with Crippen LogP contribution in [0.15, 0.2) is 42.5 Å². The Morgan fingerprint density at radius 3 is 2.22 bits per heavy atom. The Balaban J connectivity index is 1.21. The van der Waals surface area contributed by atoms with Crippen LogP contribution < -0.4 is 4.74 Å². The van der Waals surface area contributed by atoms with Crippen molar-refractivity contribution in [2.45, 2.75) is 63.5 Å². The maximum atomic E-state index is 13.8. The lowest BCUT2D eigenvalue weighted by Gasteiger charge is -2.35. The molecule has 0 spiro atoms. The van der Waals surface area contributed by atoms with Crippen molar-refractivity contribution in [1.82, 2.24) is 14.7 Å². The topological polar surface area (TPSA) is 70.2 Å². The second-order valence-electron chi connectivity index (χ2n) is 12.2. The molecular weight excluding hydrogens is 568 g/mol. The van der Waals surface area contributed by atoms with E-state index in [0.29, 0.717) is 49.1 Å². The largest absolute Gasteiger partial charge is 0.415 e. The highest BCUT2D eigenvalue weighted by Crippen LogP contribution is 2.47. The average Bonchev–Trinajstić information content (AvgIpc) is 3.90. The van der Waals surface area contributed by atoms with Gasteiger partial charge in [0, 0.05) is 49.5 Å². The molecule has 0 N–H and O–H groups in total. The van der Waals surface area contributed by atoms with E-state index in [-0.39, 0.29) is 46.9 Å². The fourth-order valence-electron chi connectivity index (χ4n) is 6.25. The van der Waals surface area contributed by atoms with Gasteiger partial charge in [0.1, 0.15) is 11.6 Å². The molecule has 2 unspecified atom stereocenters. The van der Waals surface area contributed by atoms with Crippen molar-refractivity contribution in [3.8, 4) is 5.75 Å². The first kappa shape index (κ1) is 28.3. The molecule has 4 aliphatic rings. The van der Waals surface area contributed by atoms with Crippen molar-refractivity contribution in [1.29, 1.82) is 0 Å². The minimum Gasteiger partial charge on any atom is -0.410 e. The molecule has 2 aromatic rings. The molecule has 2 aliphatic carbocycles. The monoisotopic (exact) mass is 601 g/mol. The molecule has 2 heterocycles. The highest BCUT2D eigenvalue weighted by molar-refractivity contribution is 6.42. The number of halogens is 3. The molecule has 7 nitrogen and oxygen atoms in total. The van der Waals surface area contributed by atoms with Crippen LogP contribution in [0.5, 0.6) is 5.75 Å². The Morgan fingerprint density at radius 1 is 0.927 bits per heavy atom. The number of hydrogen-bond acceptors (Lipinski definition) is 4. The Labute approximate surface area is 249 Å². The van der Waals surface area contributed by atoms with Crippen LogP contribution in [0.2, 0.25) is 10.0 Å². The zero-order chi connectivity index (χ0) is 28.9. The number of hydrogen-bond donors (Lipinski definition) is 0. The number of carbonyl (C=O) groups excluding carboxylic acids is 3. The highest BCUT2D eigenvalue weighted by atomic mass is 35.5. The van der Waals surface area contributed by atoms with Gasteiger partial charge in [0.25, 0.3) is 0 Å². The third-order valence-corrected chi connectivity index (χ3v) is 9.89. The van der Waals surface area contributed by atoms with E-state index in [0.717, 1.165) is 31.2 Å². The first-order valence-electron chi connectivity index (χ1n) is 14.4. The Hall–Kier alpha value is -2.84. The summed E-state index contributed by atoms with van der Waals surface area (Å²) >= 11 is 12.6. The lowest BCUT2D eigenvalue weighted by atomic mass is 9.93. The molecule has 2 atom stereocenters. The van der Waals surface area contributed by atoms with Gasteiger partial charge in [-0.2, -0.15) is 0 Å². The van der Waals surface area contributed by atoms with Gasteiger partial charge in [-0.15, -0.1) is 0 Å². The van der Waals surface area contributed by atoms with Gasteiger partial charge in [-0.05, 0) is 80.5 Å². The van der Waals surface area contributed by atoms with E-state index in [9.17, 15) is 18.8 Å². The first-order valence-corrected chi connectivity index (χ1v) is 15.2. The van der Waals surface area contributed by atoms with Crippen LogP contribution in [-0.2, 0) is 9.59 Å². The maximum Gasteiger partial charge on any atom is 0.415 e. The van der Waals surface area contributed by atoms with Crippen LogP contribution in [0, 0.1) is 17.2 Å². The number of piperidine rings is 1. The minimum atomic E-state index is -0.510.